The number of nitriles is 1. The van der Waals surface area contributed by atoms with E-state index in [2.05, 4.69) is 12.6 Å². The SMILES string of the molecule is CC(C=O)c1cc(C#N)ccc1S. The van der Waals surface area contributed by atoms with E-state index in [-0.39, 0.29) is 5.92 Å². The molecular formula is C10H9NOS. The first-order chi connectivity index (χ1) is 6.19. The fourth-order valence-electron chi connectivity index (χ4n) is 1.06. The fourth-order valence-corrected chi connectivity index (χ4v) is 1.40. The first-order valence-corrected chi connectivity index (χ1v) is 4.32. The van der Waals surface area contributed by atoms with Gasteiger partial charge in [-0.05, 0) is 23.8 Å². The zero-order valence-corrected chi connectivity index (χ0v) is 8.08. The number of hydrogen-bond donors (Lipinski definition) is 1. The number of thiol groups is 1. The lowest BCUT2D eigenvalue weighted by molar-refractivity contribution is -0.108. The molecule has 0 aromatic heterocycles. The highest BCUT2D eigenvalue weighted by Crippen LogP contribution is 2.22. The molecule has 13 heavy (non-hydrogen) atoms. The number of hydrogen-bond acceptors (Lipinski definition) is 3. The predicted octanol–water partition coefficient (Wildman–Crippen LogP) is 2.15. The van der Waals surface area contributed by atoms with Crippen molar-refractivity contribution < 1.29 is 4.79 Å². The van der Waals surface area contributed by atoms with Gasteiger partial charge in [-0.3, -0.25) is 0 Å². The molecule has 1 atom stereocenters. The molecule has 0 fully saturated rings. The first-order valence-electron chi connectivity index (χ1n) is 3.87. The van der Waals surface area contributed by atoms with E-state index in [0.29, 0.717) is 5.56 Å². The molecule has 0 spiro atoms. The molecule has 0 saturated carbocycles. The third-order valence-electron chi connectivity index (χ3n) is 1.85. The van der Waals surface area contributed by atoms with Crippen LogP contribution in [-0.2, 0) is 4.79 Å². The van der Waals surface area contributed by atoms with Gasteiger partial charge in [0, 0.05) is 10.8 Å². The van der Waals surface area contributed by atoms with Gasteiger partial charge in [0.2, 0.25) is 0 Å². The second-order valence-corrected chi connectivity index (χ2v) is 3.29. The van der Waals surface area contributed by atoms with Gasteiger partial charge in [0.05, 0.1) is 11.6 Å². The smallest absolute Gasteiger partial charge is 0.127 e. The molecule has 1 rings (SSSR count). The van der Waals surface area contributed by atoms with Gasteiger partial charge in [0.25, 0.3) is 0 Å². The molecule has 0 aliphatic rings. The van der Waals surface area contributed by atoms with Crippen LogP contribution >= 0.6 is 12.6 Å². The van der Waals surface area contributed by atoms with Gasteiger partial charge >= 0.3 is 0 Å². The lowest BCUT2D eigenvalue weighted by atomic mass is 10.0. The number of aldehydes is 1. The number of benzene rings is 1. The molecule has 2 nitrogen and oxygen atoms in total. The zero-order valence-electron chi connectivity index (χ0n) is 7.19. The Balaban J connectivity index is 3.20. The van der Waals surface area contributed by atoms with E-state index in [4.69, 9.17) is 5.26 Å². The Hall–Kier alpha value is -1.27. The van der Waals surface area contributed by atoms with Crippen molar-refractivity contribution in [3.05, 3.63) is 29.3 Å². The summed E-state index contributed by atoms with van der Waals surface area (Å²) in [4.78, 5) is 11.3. The molecule has 0 heterocycles. The summed E-state index contributed by atoms with van der Waals surface area (Å²) in [5, 5.41) is 8.64. The minimum Gasteiger partial charge on any atom is -0.303 e. The first kappa shape index (κ1) is 9.82. The maximum atomic E-state index is 10.5. The lowest BCUT2D eigenvalue weighted by Gasteiger charge is -2.07. The zero-order chi connectivity index (χ0) is 9.84. The van der Waals surface area contributed by atoms with Crippen LogP contribution in [0.3, 0.4) is 0 Å². The van der Waals surface area contributed by atoms with Gasteiger partial charge in [-0.2, -0.15) is 5.26 Å². The van der Waals surface area contributed by atoms with Crippen molar-refractivity contribution >= 4 is 18.9 Å². The molecular weight excluding hydrogens is 182 g/mol. The summed E-state index contributed by atoms with van der Waals surface area (Å²) in [6, 6.07) is 7.14. The minimum absolute atomic E-state index is 0.208. The van der Waals surface area contributed by atoms with E-state index >= 15 is 0 Å². The number of rotatable bonds is 2. The van der Waals surface area contributed by atoms with Crippen LogP contribution in [0, 0.1) is 11.3 Å². The summed E-state index contributed by atoms with van der Waals surface area (Å²) in [7, 11) is 0. The van der Waals surface area contributed by atoms with Crippen molar-refractivity contribution in [1.29, 1.82) is 5.26 Å². The van der Waals surface area contributed by atoms with Gasteiger partial charge in [-0.1, -0.05) is 6.92 Å². The second-order valence-electron chi connectivity index (χ2n) is 2.81. The summed E-state index contributed by atoms with van der Waals surface area (Å²) < 4.78 is 0. The molecule has 1 unspecified atom stereocenters. The van der Waals surface area contributed by atoms with E-state index in [1.807, 2.05) is 6.07 Å². The van der Waals surface area contributed by atoms with Crippen LogP contribution in [0.2, 0.25) is 0 Å². The van der Waals surface area contributed by atoms with Crippen molar-refractivity contribution in [3.63, 3.8) is 0 Å². The van der Waals surface area contributed by atoms with Gasteiger partial charge in [-0.25, -0.2) is 0 Å². The van der Waals surface area contributed by atoms with Crippen LogP contribution in [0.4, 0.5) is 0 Å². The van der Waals surface area contributed by atoms with E-state index in [1.54, 1.807) is 25.1 Å². The Morgan fingerprint density at radius 3 is 2.85 bits per heavy atom. The molecule has 0 N–H and O–H groups in total. The number of nitrogens with zero attached hydrogens (tertiary/aromatic N) is 1. The maximum Gasteiger partial charge on any atom is 0.127 e. The monoisotopic (exact) mass is 191 g/mol. The molecule has 66 valence electrons. The normalized spacial score (nSPS) is 11.8. The molecule has 0 aliphatic heterocycles. The quantitative estimate of drug-likeness (QED) is 0.574. The Kier molecular flexibility index (Phi) is 3.10. The van der Waals surface area contributed by atoms with Crippen molar-refractivity contribution in [2.75, 3.05) is 0 Å². The predicted molar refractivity (Wildman–Crippen MR) is 52.9 cm³/mol. The fraction of sp³-hybridized carbons (Fsp3) is 0.200. The highest BCUT2D eigenvalue weighted by molar-refractivity contribution is 7.80. The Morgan fingerprint density at radius 1 is 1.62 bits per heavy atom. The average Bonchev–Trinajstić information content (AvgIpc) is 2.17. The summed E-state index contributed by atoms with van der Waals surface area (Å²) in [6.07, 6.45) is 0.843. The summed E-state index contributed by atoms with van der Waals surface area (Å²) in [5.74, 6) is -0.208. The van der Waals surface area contributed by atoms with Crippen LogP contribution in [0.1, 0.15) is 24.0 Å². The highest BCUT2D eigenvalue weighted by Gasteiger charge is 2.08. The van der Waals surface area contributed by atoms with Crippen LogP contribution in [0.5, 0.6) is 0 Å². The molecule has 0 amide bonds. The summed E-state index contributed by atoms with van der Waals surface area (Å²) in [6.45, 7) is 1.78. The molecule has 1 aromatic rings. The lowest BCUT2D eigenvalue weighted by Crippen LogP contribution is -1.96. The molecule has 1 aromatic carbocycles. The molecule has 0 radical (unpaired) electrons. The van der Waals surface area contributed by atoms with E-state index < -0.39 is 0 Å². The maximum absolute atomic E-state index is 10.5. The van der Waals surface area contributed by atoms with Crippen molar-refractivity contribution in [3.8, 4) is 6.07 Å². The Morgan fingerprint density at radius 2 is 2.31 bits per heavy atom. The number of carbonyl (C=O) groups excluding carboxylic acids is 1. The van der Waals surface area contributed by atoms with Gasteiger partial charge in [0.15, 0.2) is 0 Å². The summed E-state index contributed by atoms with van der Waals surface area (Å²) in [5.41, 5.74) is 1.36. The highest BCUT2D eigenvalue weighted by atomic mass is 32.1. The van der Waals surface area contributed by atoms with Crippen LogP contribution in [-0.4, -0.2) is 6.29 Å². The van der Waals surface area contributed by atoms with Gasteiger partial charge in [0.1, 0.15) is 6.29 Å². The number of carbonyl (C=O) groups is 1. The van der Waals surface area contributed by atoms with Crippen LogP contribution in [0.25, 0.3) is 0 Å². The van der Waals surface area contributed by atoms with Crippen molar-refractivity contribution in [2.45, 2.75) is 17.7 Å². The van der Waals surface area contributed by atoms with E-state index in [1.165, 1.54) is 0 Å². The standard InChI is InChI=1S/C10H9NOS/c1-7(6-12)9-4-8(5-11)2-3-10(9)13/h2-4,6-7,13H,1H3. The second kappa shape index (κ2) is 4.11. The summed E-state index contributed by atoms with van der Waals surface area (Å²) >= 11 is 4.21. The molecule has 0 bridgehead atoms. The van der Waals surface area contributed by atoms with Crippen molar-refractivity contribution in [1.82, 2.24) is 0 Å². The topological polar surface area (TPSA) is 40.9 Å². The third-order valence-corrected chi connectivity index (χ3v) is 2.26. The largest absolute Gasteiger partial charge is 0.303 e. The Bertz CT molecular complexity index is 368. The Labute approximate surface area is 82.6 Å². The van der Waals surface area contributed by atoms with Gasteiger partial charge < -0.3 is 4.79 Å². The molecule has 0 saturated heterocycles. The average molecular weight is 191 g/mol. The van der Waals surface area contributed by atoms with Crippen LogP contribution < -0.4 is 0 Å². The van der Waals surface area contributed by atoms with Gasteiger partial charge in [-0.15, -0.1) is 12.6 Å². The molecule has 0 aliphatic carbocycles. The minimum atomic E-state index is -0.208. The van der Waals surface area contributed by atoms with Crippen molar-refractivity contribution in [2.24, 2.45) is 0 Å². The molecule has 3 heteroatoms. The third kappa shape index (κ3) is 2.10. The van der Waals surface area contributed by atoms with Crippen LogP contribution in [0.15, 0.2) is 23.1 Å². The van der Waals surface area contributed by atoms with E-state index in [9.17, 15) is 4.79 Å². The van der Waals surface area contributed by atoms with E-state index in [0.717, 1.165) is 16.7 Å².